The molecule has 9 nitrogen and oxygen atoms in total. The van der Waals surface area contributed by atoms with Crippen molar-refractivity contribution >= 4 is 27.5 Å². The van der Waals surface area contributed by atoms with Crippen molar-refractivity contribution in [2.45, 2.75) is 30.8 Å². The molecule has 0 aliphatic carbocycles. The van der Waals surface area contributed by atoms with Crippen LogP contribution in [0, 0.1) is 6.92 Å². The predicted molar refractivity (Wildman–Crippen MR) is 170 cm³/mol. The van der Waals surface area contributed by atoms with Crippen LogP contribution in [0.25, 0.3) is 0 Å². The van der Waals surface area contributed by atoms with Gasteiger partial charge in [-0.25, -0.2) is 8.42 Å². The summed E-state index contributed by atoms with van der Waals surface area (Å²) in [6, 6.07) is 28.9. The lowest BCUT2D eigenvalue weighted by atomic mass is 10.0. The summed E-state index contributed by atoms with van der Waals surface area (Å²) in [7, 11) is 0.113. The molecule has 0 bridgehead atoms. The normalized spacial score (nSPS) is 11.7. The fourth-order valence-corrected chi connectivity index (χ4v) is 6.27. The van der Waals surface area contributed by atoms with Crippen LogP contribution >= 0.6 is 0 Å². The second-order valence-electron chi connectivity index (χ2n) is 10.2. The number of sulfonamides is 1. The van der Waals surface area contributed by atoms with E-state index in [-0.39, 0.29) is 29.5 Å². The number of anilines is 1. The minimum Gasteiger partial charge on any atom is -0.493 e. The van der Waals surface area contributed by atoms with E-state index in [1.807, 2.05) is 67.6 Å². The first kappa shape index (κ1) is 32.1. The maximum absolute atomic E-state index is 14.3. The zero-order chi connectivity index (χ0) is 31.7. The zero-order valence-corrected chi connectivity index (χ0v) is 26.1. The van der Waals surface area contributed by atoms with Crippen molar-refractivity contribution in [3.8, 4) is 11.5 Å². The van der Waals surface area contributed by atoms with E-state index in [4.69, 9.17) is 9.47 Å². The second-order valence-corrected chi connectivity index (χ2v) is 12.1. The van der Waals surface area contributed by atoms with Gasteiger partial charge in [-0.3, -0.25) is 13.9 Å². The van der Waals surface area contributed by atoms with Gasteiger partial charge in [0.05, 0.1) is 24.8 Å². The third-order valence-corrected chi connectivity index (χ3v) is 9.03. The Morgan fingerprint density at radius 3 is 1.95 bits per heavy atom. The number of nitrogens with zero attached hydrogens (tertiary/aromatic N) is 2. The molecule has 0 saturated carbocycles. The molecule has 0 aliphatic heterocycles. The highest BCUT2D eigenvalue weighted by Crippen LogP contribution is 2.32. The number of likely N-dealkylation sites (N-methyl/N-ethyl adjacent to an activating group) is 1. The summed E-state index contributed by atoms with van der Waals surface area (Å²) in [6.45, 7) is 1.44. The molecule has 2 amide bonds. The molecule has 10 heteroatoms. The Labute approximate surface area is 259 Å². The highest BCUT2D eigenvalue weighted by atomic mass is 32.2. The molecule has 0 spiro atoms. The highest BCUT2D eigenvalue weighted by Gasteiger charge is 2.34. The molecule has 0 aliphatic rings. The van der Waals surface area contributed by atoms with Gasteiger partial charge in [0.15, 0.2) is 11.5 Å². The van der Waals surface area contributed by atoms with Crippen LogP contribution < -0.4 is 19.1 Å². The molecule has 4 rings (SSSR count). The molecular weight excluding hydrogens is 578 g/mol. The van der Waals surface area contributed by atoms with Gasteiger partial charge in [-0.15, -0.1) is 0 Å². The van der Waals surface area contributed by atoms with Crippen LogP contribution in [0.4, 0.5) is 5.69 Å². The average molecular weight is 616 g/mol. The lowest BCUT2D eigenvalue weighted by Crippen LogP contribution is -2.53. The summed E-state index contributed by atoms with van der Waals surface area (Å²) in [4.78, 5) is 29.1. The van der Waals surface area contributed by atoms with Crippen molar-refractivity contribution in [3.63, 3.8) is 0 Å². The second kappa shape index (κ2) is 14.6. The SMILES string of the molecule is CNC(=O)[C@@H](Cc1ccccc1)N(Cc1ccccc1)C(=O)CN(c1ccc(C)cc1)S(=O)(=O)c1ccc(OC)c(OC)c1. The van der Waals surface area contributed by atoms with Gasteiger partial charge in [-0.2, -0.15) is 0 Å². The Hall–Kier alpha value is -4.83. The standard InChI is InChI=1S/C34H37N3O6S/c1-25-15-17-28(18-16-25)37(44(40,41)29-19-20-31(42-3)32(22-29)43-4)24-33(38)36(23-27-13-9-6-10-14-27)30(34(39)35-2)21-26-11-7-5-8-12-26/h5-20,22,30H,21,23-24H2,1-4H3,(H,35,39)/t30-/m1/s1. The molecule has 0 saturated heterocycles. The summed E-state index contributed by atoms with van der Waals surface area (Å²) in [5.41, 5.74) is 2.89. The lowest BCUT2D eigenvalue weighted by molar-refractivity contribution is -0.139. The van der Waals surface area contributed by atoms with Crippen molar-refractivity contribution < 1.29 is 27.5 Å². The molecule has 4 aromatic rings. The Morgan fingerprint density at radius 1 is 0.795 bits per heavy atom. The number of rotatable bonds is 13. The van der Waals surface area contributed by atoms with Crippen LogP contribution in [0.15, 0.2) is 108 Å². The number of benzene rings is 4. The van der Waals surface area contributed by atoms with Crippen molar-refractivity contribution in [1.29, 1.82) is 0 Å². The summed E-state index contributed by atoms with van der Waals surface area (Å²) < 4.78 is 40.2. The number of amides is 2. The molecule has 4 aromatic carbocycles. The van der Waals surface area contributed by atoms with Crippen molar-refractivity contribution in [2.75, 3.05) is 32.1 Å². The van der Waals surface area contributed by atoms with Crippen LogP contribution in [-0.2, 0) is 32.6 Å². The van der Waals surface area contributed by atoms with E-state index in [2.05, 4.69) is 5.32 Å². The van der Waals surface area contributed by atoms with Crippen molar-refractivity contribution in [2.24, 2.45) is 0 Å². The van der Waals surface area contributed by atoms with Crippen LogP contribution in [-0.4, -0.2) is 59.0 Å². The van der Waals surface area contributed by atoms with Crippen LogP contribution in [0.2, 0.25) is 0 Å². The molecule has 44 heavy (non-hydrogen) atoms. The first-order valence-electron chi connectivity index (χ1n) is 14.1. The van der Waals surface area contributed by atoms with Crippen molar-refractivity contribution in [3.05, 3.63) is 120 Å². The van der Waals surface area contributed by atoms with E-state index >= 15 is 0 Å². The number of hydrogen-bond donors (Lipinski definition) is 1. The largest absolute Gasteiger partial charge is 0.493 e. The maximum Gasteiger partial charge on any atom is 0.264 e. The molecule has 0 fully saturated rings. The first-order valence-corrected chi connectivity index (χ1v) is 15.5. The number of methoxy groups -OCH3 is 2. The summed E-state index contributed by atoms with van der Waals surface area (Å²) >= 11 is 0. The smallest absolute Gasteiger partial charge is 0.264 e. The minimum absolute atomic E-state index is 0.0785. The molecule has 1 N–H and O–H groups in total. The third-order valence-electron chi connectivity index (χ3n) is 7.26. The minimum atomic E-state index is -4.29. The quantitative estimate of drug-likeness (QED) is 0.236. The van der Waals surface area contributed by atoms with Gasteiger partial charge >= 0.3 is 0 Å². The number of aryl methyl sites for hydroxylation is 1. The van der Waals surface area contributed by atoms with E-state index in [9.17, 15) is 18.0 Å². The van der Waals surface area contributed by atoms with Gasteiger partial charge in [0.2, 0.25) is 11.8 Å². The maximum atomic E-state index is 14.3. The number of carbonyl (C=O) groups excluding carboxylic acids is 2. The molecule has 1 atom stereocenters. The Morgan fingerprint density at radius 2 is 1.39 bits per heavy atom. The summed E-state index contributed by atoms with van der Waals surface area (Å²) in [5.74, 6) is -0.296. The molecule has 0 aromatic heterocycles. The Kier molecular flexibility index (Phi) is 10.6. The summed E-state index contributed by atoms with van der Waals surface area (Å²) in [5, 5.41) is 2.69. The van der Waals surface area contributed by atoms with Crippen LogP contribution in [0.3, 0.4) is 0 Å². The Balaban J connectivity index is 1.79. The number of hydrogen-bond acceptors (Lipinski definition) is 6. The van der Waals surface area contributed by atoms with Gasteiger partial charge in [0.1, 0.15) is 12.6 Å². The van der Waals surface area contributed by atoms with Gasteiger partial charge in [-0.05, 0) is 42.3 Å². The monoisotopic (exact) mass is 615 g/mol. The number of nitrogens with one attached hydrogen (secondary N) is 1. The van der Waals surface area contributed by atoms with E-state index in [0.29, 0.717) is 11.4 Å². The fourth-order valence-electron chi connectivity index (χ4n) is 4.84. The summed E-state index contributed by atoms with van der Waals surface area (Å²) in [6.07, 6.45) is 0.242. The molecular formula is C34H37N3O6S. The zero-order valence-electron chi connectivity index (χ0n) is 25.3. The number of carbonyl (C=O) groups is 2. The lowest BCUT2D eigenvalue weighted by Gasteiger charge is -2.33. The van der Waals surface area contributed by atoms with Gasteiger partial charge in [0, 0.05) is 26.1 Å². The number of ether oxygens (including phenoxy) is 2. The molecule has 230 valence electrons. The first-order chi connectivity index (χ1) is 21.2. The van der Waals surface area contributed by atoms with Gasteiger partial charge in [0.25, 0.3) is 10.0 Å². The topological polar surface area (TPSA) is 105 Å². The average Bonchev–Trinajstić information content (AvgIpc) is 3.05. The van der Waals surface area contributed by atoms with Gasteiger partial charge in [-0.1, -0.05) is 78.4 Å². The molecule has 0 unspecified atom stereocenters. The fraction of sp³-hybridized carbons (Fsp3) is 0.235. The Bertz CT molecular complexity index is 1660. The molecule has 0 radical (unpaired) electrons. The third kappa shape index (κ3) is 7.57. The highest BCUT2D eigenvalue weighted by molar-refractivity contribution is 7.92. The van der Waals surface area contributed by atoms with Gasteiger partial charge < -0.3 is 19.7 Å². The molecule has 0 heterocycles. The van der Waals surface area contributed by atoms with Crippen LogP contribution in [0.1, 0.15) is 16.7 Å². The van der Waals surface area contributed by atoms with E-state index < -0.39 is 28.5 Å². The van der Waals surface area contributed by atoms with Crippen LogP contribution in [0.5, 0.6) is 11.5 Å². The van der Waals surface area contributed by atoms with E-state index in [0.717, 1.165) is 21.0 Å². The predicted octanol–water partition coefficient (Wildman–Crippen LogP) is 4.59. The van der Waals surface area contributed by atoms with E-state index in [1.54, 1.807) is 24.3 Å². The van der Waals surface area contributed by atoms with Crippen molar-refractivity contribution in [1.82, 2.24) is 10.2 Å². The van der Waals surface area contributed by atoms with E-state index in [1.165, 1.54) is 44.4 Å².